The molecule has 1 aliphatic carbocycles. The van der Waals surface area contributed by atoms with Gasteiger partial charge in [0.1, 0.15) is 18.0 Å². The molecule has 9 heteroatoms. The lowest BCUT2D eigenvalue weighted by atomic mass is 9.94. The molecule has 0 bridgehead atoms. The molecule has 1 saturated carbocycles. The van der Waals surface area contributed by atoms with Gasteiger partial charge in [-0.05, 0) is 25.3 Å². The molecule has 1 heterocycles. The molecule has 1 aromatic rings. The Morgan fingerprint density at radius 3 is 2.78 bits per heavy atom. The van der Waals surface area contributed by atoms with E-state index in [1.165, 1.54) is 13.5 Å². The highest BCUT2D eigenvalue weighted by molar-refractivity contribution is 5.88. The van der Waals surface area contributed by atoms with Crippen LogP contribution in [0.5, 0.6) is 5.75 Å². The highest BCUT2D eigenvalue weighted by atomic mass is 16.5. The Balaban J connectivity index is 1.54. The number of rotatable bonds is 10. The van der Waals surface area contributed by atoms with Crippen molar-refractivity contribution in [2.75, 3.05) is 33.4 Å². The van der Waals surface area contributed by atoms with Gasteiger partial charge < -0.3 is 30.1 Å². The second-order valence-corrected chi connectivity index (χ2v) is 8.22. The van der Waals surface area contributed by atoms with Gasteiger partial charge in [-0.15, -0.1) is 0 Å². The lowest BCUT2D eigenvalue weighted by Gasteiger charge is -2.34. The Hall–Kier alpha value is -2.81. The van der Waals surface area contributed by atoms with Crippen LogP contribution in [0.25, 0.3) is 0 Å². The minimum Gasteiger partial charge on any atom is -0.491 e. The molecule has 0 radical (unpaired) electrons. The third kappa shape index (κ3) is 6.12. The largest absolute Gasteiger partial charge is 0.491 e. The van der Waals surface area contributed by atoms with Gasteiger partial charge in [0.05, 0.1) is 20.3 Å². The molecule has 0 spiro atoms. The summed E-state index contributed by atoms with van der Waals surface area (Å²) < 4.78 is 10.6. The highest BCUT2D eigenvalue weighted by Crippen LogP contribution is 2.35. The maximum Gasteiger partial charge on any atom is 0.325 e. The molecule has 1 aliphatic heterocycles. The predicted octanol–water partition coefficient (Wildman–Crippen LogP) is 1.93. The number of aliphatic hydroxyl groups is 1. The first-order valence-electron chi connectivity index (χ1n) is 11.3. The van der Waals surface area contributed by atoms with Crippen molar-refractivity contribution in [2.45, 2.75) is 57.5 Å². The van der Waals surface area contributed by atoms with Crippen molar-refractivity contribution in [1.82, 2.24) is 9.80 Å². The number of ether oxygens (including phenoxy) is 2. The summed E-state index contributed by atoms with van der Waals surface area (Å²) in [7, 11) is 1.34. The Morgan fingerprint density at radius 1 is 1.28 bits per heavy atom. The van der Waals surface area contributed by atoms with Gasteiger partial charge in [-0.3, -0.25) is 9.59 Å². The maximum absolute atomic E-state index is 12.7. The molecule has 1 aromatic carbocycles. The van der Waals surface area contributed by atoms with Gasteiger partial charge >= 0.3 is 5.97 Å². The van der Waals surface area contributed by atoms with Crippen molar-refractivity contribution in [3.8, 4) is 5.75 Å². The van der Waals surface area contributed by atoms with Crippen LogP contribution in [0.15, 0.2) is 23.2 Å². The van der Waals surface area contributed by atoms with E-state index in [0.29, 0.717) is 44.0 Å². The summed E-state index contributed by atoms with van der Waals surface area (Å²) >= 11 is 0. The number of fused-ring (bicyclic) bond motifs is 1. The highest BCUT2D eigenvalue weighted by Gasteiger charge is 2.25. The van der Waals surface area contributed by atoms with Crippen LogP contribution in [-0.4, -0.2) is 72.2 Å². The first-order chi connectivity index (χ1) is 15.5. The van der Waals surface area contributed by atoms with Crippen LogP contribution in [0.1, 0.15) is 50.5 Å². The first kappa shape index (κ1) is 23.8. The van der Waals surface area contributed by atoms with Crippen molar-refractivity contribution in [3.63, 3.8) is 0 Å². The van der Waals surface area contributed by atoms with Gasteiger partial charge in [-0.25, -0.2) is 4.99 Å². The Kier molecular flexibility index (Phi) is 8.72. The molecule has 176 valence electrons. The number of hydrogen-bond acceptors (Lipinski definition) is 8. The second kappa shape index (κ2) is 11.7. The van der Waals surface area contributed by atoms with E-state index in [2.05, 4.69) is 4.99 Å². The van der Waals surface area contributed by atoms with Gasteiger partial charge in [0.25, 0.3) is 0 Å². The molecule has 3 rings (SSSR count). The molecule has 0 unspecified atom stereocenters. The van der Waals surface area contributed by atoms with E-state index in [0.717, 1.165) is 31.2 Å². The van der Waals surface area contributed by atoms with Crippen LogP contribution < -0.4 is 10.5 Å². The SMILES string of the molecule is COC(=O)CN1Cc2cccc(OCCCC(=O)N(CCO)C3CCCCC3)c2N=C1N. The fourth-order valence-electron chi connectivity index (χ4n) is 4.33. The lowest BCUT2D eigenvalue weighted by Crippen LogP contribution is -2.43. The average molecular weight is 447 g/mol. The quantitative estimate of drug-likeness (QED) is 0.416. The van der Waals surface area contributed by atoms with Crippen LogP contribution in [-0.2, 0) is 20.9 Å². The minimum atomic E-state index is -0.382. The molecule has 1 fully saturated rings. The lowest BCUT2D eigenvalue weighted by molar-refractivity contribution is -0.141. The van der Waals surface area contributed by atoms with E-state index in [9.17, 15) is 14.7 Å². The van der Waals surface area contributed by atoms with Gasteiger partial charge in [-0.2, -0.15) is 0 Å². The maximum atomic E-state index is 12.7. The summed E-state index contributed by atoms with van der Waals surface area (Å²) in [5.41, 5.74) is 7.59. The molecular weight excluding hydrogens is 412 g/mol. The summed E-state index contributed by atoms with van der Waals surface area (Å²) in [6.45, 7) is 1.23. The summed E-state index contributed by atoms with van der Waals surface area (Å²) in [5, 5.41) is 9.38. The number of benzene rings is 1. The van der Waals surface area contributed by atoms with E-state index < -0.39 is 0 Å². The van der Waals surface area contributed by atoms with Gasteiger partial charge in [-0.1, -0.05) is 31.4 Å². The molecule has 0 atom stereocenters. The summed E-state index contributed by atoms with van der Waals surface area (Å²) in [6.07, 6.45) is 6.50. The smallest absolute Gasteiger partial charge is 0.325 e. The monoisotopic (exact) mass is 446 g/mol. The number of hydrogen-bond donors (Lipinski definition) is 2. The molecule has 1 amide bonds. The topological polar surface area (TPSA) is 118 Å². The summed E-state index contributed by atoms with van der Waals surface area (Å²) in [6, 6.07) is 5.87. The van der Waals surface area contributed by atoms with Crippen molar-refractivity contribution in [3.05, 3.63) is 23.8 Å². The van der Waals surface area contributed by atoms with Gasteiger partial charge in [0.2, 0.25) is 5.91 Å². The van der Waals surface area contributed by atoms with Gasteiger partial charge in [0, 0.05) is 31.1 Å². The zero-order chi connectivity index (χ0) is 22.9. The van der Waals surface area contributed by atoms with E-state index in [1.807, 2.05) is 23.1 Å². The number of para-hydroxylation sites is 1. The molecule has 9 nitrogen and oxygen atoms in total. The second-order valence-electron chi connectivity index (χ2n) is 8.22. The van der Waals surface area contributed by atoms with Crippen LogP contribution in [0.3, 0.4) is 0 Å². The molecule has 0 aromatic heterocycles. The molecule has 32 heavy (non-hydrogen) atoms. The van der Waals surface area contributed by atoms with E-state index in [1.54, 1.807) is 4.90 Å². The number of aliphatic imine (C=N–C) groups is 1. The Labute approximate surface area is 189 Å². The standard InChI is InChI=1S/C23H34N4O5/c1-31-21(30)16-26-15-17-7-5-10-19(22(17)25-23(26)24)32-14-6-11-20(29)27(12-13-28)18-8-3-2-4-9-18/h5,7,10,18,28H,2-4,6,8-9,11-16H2,1H3,(H2,24,25). The molecule has 2 aliphatic rings. The minimum absolute atomic E-state index is 0.0126. The number of aliphatic hydroxyl groups excluding tert-OH is 1. The van der Waals surface area contributed by atoms with E-state index in [-0.39, 0.29) is 37.0 Å². The number of carbonyl (C=O) groups is 2. The normalized spacial score (nSPS) is 16.2. The van der Waals surface area contributed by atoms with E-state index >= 15 is 0 Å². The average Bonchev–Trinajstić information content (AvgIpc) is 2.81. The third-order valence-corrected chi connectivity index (χ3v) is 6.01. The number of nitrogens with two attached hydrogens (primary N) is 1. The third-order valence-electron chi connectivity index (χ3n) is 6.01. The van der Waals surface area contributed by atoms with Crippen LogP contribution >= 0.6 is 0 Å². The molecule has 3 N–H and O–H groups in total. The van der Waals surface area contributed by atoms with Crippen molar-refractivity contribution in [1.29, 1.82) is 0 Å². The fourth-order valence-corrected chi connectivity index (χ4v) is 4.33. The zero-order valence-electron chi connectivity index (χ0n) is 18.8. The zero-order valence-corrected chi connectivity index (χ0v) is 18.8. The number of carbonyl (C=O) groups excluding carboxylic acids is 2. The summed E-state index contributed by atoms with van der Waals surface area (Å²) in [5.74, 6) is 0.536. The Morgan fingerprint density at radius 2 is 2.06 bits per heavy atom. The summed E-state index contributed by atoms with van der Waals surface area (Å²) in [4.78, 5) is 32.3. The number of esters is 1. The van der Waals surface area contributed by atoms with Crippen molar-refractivity contribution < 1.29 is 24.2 Å². The number of methoxy groups -OCH3 is 1. The van der Waals surface area contributed by atoms with E-state index in [4.69, 9.17) is 15.2 Å². The number of amides is 1. The van der Waals surface area contributed by atoms with Crippen LogP contribution in [0.2, 0.25) is 0 Å². The van der Waals surface area contributed by atoms with Crippen LogP contribution in [0, 0.1) is 0 Å². The number of nitrogens with zero attached hydrogens (tertiary/aromatic N) is 3. The van der Waals surface area contributed by atoms with Crippen molar-refractivity contribution in [2.24, 2.45) is 10.7 Å². The fraction of sp³-hybridized carbons (Fsp3) is 0.609. The van der Waals surface area contributed by atoms with Gasteiger partial charge in [0.15, 0.2) is 5.96 Å². The van der Waals surface area contributed by atoms with Crippen LogP contribution in [0.4, 0.5) is 5.69 Å². The van der Waals surface area contributed by atoms with Crippen molar-refractivity contribution >= 4 is 23.5 Å². The molecule has 0 saturated heterocycles. The Bertz CT molecular complexity index is 823. The predicted molar refractivity (Wildman–Crippen MR) is 121 cm³/mol. The first-order valence-corrected chi connectivity index (χ1v) is 11.3. The number of guanidine groups is 1. The molecular formula is C23H34N4O5.